The fourth-order valence-corrected chi connectivity index (χ4v) is 1.07. The average molecular weight is 198 g/mol. The van der Waals surface area contributed by atoms with Crippen LogP contribution in [0.3, 0.4) is 0 Å². The molecule has 1 heterocycles. The van der Waals surface area contributed by atoms with Gasteiger partial charge in [0.2, 0.25) is 0 Å². The van der Waals surface area contributed by atoms with E-state index in [0.29, 0.717) is 5.56 Å². The van der Waals surface area contributed by atoms with Crippen molar-refractivity contribution in [2.24, 2.45) is 0 Å². The number of nitriles is 1. The first kappa shape index (κ1) is 10.4. The van der Waals surface area contributed by atoms with Gasteiger partial charge in [-0.3, -0.25) is 0 Å². The summed E-state index contributed by atoms with van der Waals surface area (Å²) < 4.78 is 24.5. The van der Waals surface area contributed by atoms with Gasteiger partial charge in [0.25, 0.3) is 6.43 Å². The van der Waals surface area contributed by atoms with Crippen LogP contribution in [0.4, 0.5) is 8.78 Å². The van der Waals surface area contributed by atoms with Crippen LogP contribution in [-0.4, -0.2) is 10.1 Å². The normalized spacial score (nSPS) is 10.2. The number of aromatic hydroxyl groups is 1. The molecule has 0 saturated heterocycles. The number of halogens is 2. The standard InChI is InChI=1S/C9H8F2N2O/c1-5-4-7(9(10)11)13-6(2-3-12)8(5)14/h4,9,14H,2H2,1H3. The SMILES string of the molecule is Cc1cc(C(F)F)nc(CC#N)c1O. The minimum absolute atomic E-state index is 0.00259. The number of aromatic nitrogens is 1. The summed E-state index contributed by atoms with van der Waals surface area (Å²) in [5.41, 5.74) is -0.103. The smallest absolute Gasteiger partial charge is 0.280 e. The Bertz CT molecular complexity index is 385. The van der Waals surface area contributed by atoms with E-state index in [-0.39, 0.29) is 17.9 Å². The predicted molar refractivity (Wildman–Crippen MR) is 44.9 cm³/mol. The molecule has 1 N–H and O–H groups in total. The zero-order chi connectivity index (χ0) is 10.7. The molecule has 0 spiro atoms. The molecule has 1 rings (SSSR count). The maximum atomic E-state index is 12.3. The molecular formula is C9H8F2N2O. The Labute approximate surface area is 79.6 Å². The van der Waals surface area contributed by atoms with Crippen LogP contribution in [0, 0.1) is 18.3 Å². The first-order chi connectivity index (χ1) is 6.56. The molecule has 0 aliphatic carbocycles. The summed E-state index contributed by atoms with van der Waals surface area (Å²) in [6.45, 7) is 1.49. The number of hydrogen-bond donors (Lipinski definition) is 1. The third kappa shape index (κ3) is 1.96. The second kappa shape index (κ2) is 4.01. The Kier molecular flexibility index (Phi) is 2.97. The summed E-state index contributed by atoms with van der Waals surface area (Å²) in [5, 5.41) is 17.8. The van der Waals surface area contributed by atoms with Gasteiger partial charge in [0, 0.05) is 0 Å². The third-order valence-electron chi connectivity index (χ3n) is 1.75. The highest BCUT2D eigenvalue weighted by Gasteiger charge is 2.14. The van der Waals surface area contributed by atoms with Crippen molar-refractivity contribution >= 4 is 0 Å². The van der Waals surface area contributed by atoms with Crippen molar-refractivity contribution in [1.82, 2.24) is 4.98 Å². The van der Waals surface area contributed by atoms with Crippen molar-refractivity contribution in [2.75, 3.05) is 0 Å². The van der Waals surface area contributed by atoms with Crippen molar-refractivity contribution in [3.63, 3.8) is 0 Å². The van der Waals surface area contributed by atoms with Gasteiger partial charge in [-0.25, -0.2) is 13.8 Å². The van der Waals surface area contributed by atoms with Gasteiger partial charge < -0.3 is 5.11 Å². The number of hydrogen-bond acceptors (Lipinski definition) is 3. The van der Waals surface area contributed by atoms with Crippen molar-refractivity contribution in [3.05, 3.63) is 23.0 Å². The second-order valence-electron chi connectivity index (χ2n) is 2.79. The second-order valence-corrected chi connectivity index (χ2v) is 2.79. The maximum absolute atomic E-state index is 12.3. The van der Waals surface area contributed by atoms with Gasteiger partial charge in [-0.2, -0.15) is 5.26 Å². The van der Waals surface area contributed by atoms with E-state index in [2.05, 4.69) is 4.98 Å². The maximum Gasteiger partial charge on any atom is 0.280 e. The number of alkyl halides is 2. The number of aryl methyl sites for hydroxylation is 1. The van der Waals surface area contributed by atoms with Gasteiger partial charge in [0.1, 0.15) is 11.4 Å². The lowest BCUT2D eigenvalue weighted by Gasteiger charge is -2.06. The van der Waals surface area contributed by atoms with Gasteiger partial charge in [-0.1, -0.05) is 0 Å². The Morgan fingerprint density at radius 1 is 1.64 bits per heavy atom. The van der Waals surface area contributed by atoms with E-state index in [4.69, 9.17) is 5.26 Å². The molecule has 0 fully saturated rings. The molecule has 5 heteroatoms. The third-order valence-corrected chi connectivity index (χ3v) is 1.75. The van der Waals surface area contributed by atoms with Crippen molar-refractivity contribution in [1.29, 1.82) is 5.26 Å². The quantitative estimate of drug-likeness (QED) is 0.791. The molecular weight excluding hydrogens is 190 g/mol. The van der Waals surface area contributed by atoms with Crippen LogP contribution in [0.1, 0.15) is 23.4 Å². The number of nitrogens with zero attached hydrogens (tertiary/aromatic N) is 2. The Hall–Kier alpha value is -1.70. The lowest BCUT2D eigenvalue weighted by atomic mass is 10.1. The van der Waals surface area contributed by atoms with Crippen LogP contribution >= 0.6 is 0 Å². The highest BCUT2D eigenvalue weighted by Crippen LogP contribution is 2.25. The zero-order valence-corrected chi connectivity index (χ0v) is 7.46. The van der Waals surface area contributed by atoms with E-state index in [1.54, 1.807) is 6.07 Å². The Morgan fingerprint density at radius 3 is 2.79 bits per heavy atom. The molecule has 74 valence electrons. The number of rotatable bonds is 2. The van der Waals surface area contributed by atoms with Gasteiger partial charge in [0.15, 0.2) is 0 Å². The molecule has 0 amide bonds. The highest BCUT2D eigenvalue weighted by molar-refractivity contribution is 5.38. The van der Waals surface area contributed by atoms with Crippen LogP contribution in [0.5, 0.6) is 5.75 Å². The van der Waals surface area contributed by atoms with Gasteiger partial charge in [-0.15, -0.1) is 0 Å². The monoisotopic (exact) mass is 198 g/mol. The molecule has 0 saturated carbocycles. The van der Waals surface area contributed by atoms with E-state index in [0.717, 1.165) is 6.07 Å². The van der Waals surface area contributed by atoms with Gasteiger partial charge in [0.05, 0.1) is 18.2 Å². The minimum Gasteiger partial charge on any atom is -0.506 e. The molecule has 0 radical (unpaired) electrons. The van der Waals surface area contributed by atoms with Crippen molar-refractivity contribution in [2.45, 2.75) is 19.8 Å². The van der Waals surface area contributed by atoms with Crippen LogP contribution in [0.2, 0.25) is 0 Å². The molecule has 0 bridgehead atoms. The fourth-order valence-electron chi connectivity index (χ4n) is 1.07. The lowest BCUT2D eigenvalue weighted by Crippen LogP contribution is -1.98. The number of pyridine rings is 1. The molecule has 1 aromatic rings. The Morgan fingerprint density at radius 2 is 2.29 bits per heavy atom. The highest BCUT2D eigenvalue weighted by atomic mass is 19.3. The summed E-state index contributed by atoms with van der Waals surface area (Å²) in [5.74, 6) is -0.184. The molecule has 3 nitrogen and oxygen atoms in total. The summed E-state index contributed by atoms with van der Waals surface area (Å²) in [7, 11) is 0. The largest absolute Gasteiger partial charge is 0.506 e. The summed E-state index contributed by atoms with van der Waals surface area (Å²) in [6.07, 6.45) is -2.86. The molecule has 1 aromatic heterocycles. The first-order valence-electron chi connectivity index (χ1n) is 3.90. The van der Waals surface area contributed by atoms with E-state index in [1.165, 1.54) is 6.92 Å². The Balaban J connectivity index is 3.22. The zero-order valence-electron chi connectivity index (χ0n) is 7.46. The average Bonchev–Trinajstić information content (AvgIpc) is 2.12. The molecule has 0 aliphatic heterocycles. The molecule has 0 unspecified atom stereocenters. The summed E-state index contributed by atoms with van der Waals surface area (Å²) in [4.78, 5) is 3.50. The van der Waals surface area contributed by atoms with Gasteiger partial charge >= 0.3 is 0 Å². The van der Waals surface area contributed by atoms with Crippen LogP contribution in [0.25, 0.3) is 0 Å². The fraction of sp³-hybridized carbons (Fsp3) is 0.333. The summed E-state index contributed by atoms with van der Waals surface area (Å²) >= 11 is 0. The molecule has 14 heavy (non-hydrogen) atoms. The first-order valence-corrected chi connectivity index (χ1v) is 3.90. The van der Waals surface area contributed by atoms with Crippen LogP contribution in [0.15, 0.2) is 6.07 Å². The topological polar surface area (TPSA) is 56.9 Å². The van der Waals surface area contributed by atoms with Crippen molar-refractivity contribution in [3.8, 4) is 11.8 Å². The van der Waals surface area contributed by atoms with E-state index < -0.39 is 12.1 Å². The molecule has 0 atom stereocenters. The van der Waals surface area contributed by atoms with Gasteiger partial charge in [-0.05, 0) is 18.6 Å². The van der Waals surface area contributed by atoms with Crippen LogP contribution in [-0.2, 0) is 6.42 Å². The van der Waals surface area contributed by atoms with E-state index in [9.17, 15) is 13.9 Å². The van der Waals surface area contributed by atoms with E-state index >= 15 is 0 Å². The van der Waals surface area contributed by atoms with Crippen LogP contribution < -0.4 is 0 Å². The molecule has 0 aromatic carbocycles. The minimum atomic E-state index is -2.69. The van der Waals surface area contributed by atoms with E-state index in [1.807, 2.05) is 0 Å². The predicted octanol–water partition coefficient (Wildman–Crippen LogP) is 2.10. The summed E-state index contributed by atoms with van der Waals surface area (Å²) in [6, 6.07) is 2.86. The van der Waals surface area contributed by atoms with Crippen molar-refractivity contribution < 1.29 is 13.9 Å². The molecule has 0 aliphatic rings. The lowest BCUT2D eigenvalue weighted by molar-refractivity contribution is 0.145.